The van der Waals surface area contributed by atoms with Crippen LogP contribution in [0.1, 0.15) is 16.1 Å². The Morgan fingerprint density at radius 3 is 2.74 bits per heavy atom. The van der Waals surface area contributed by atoms with Gasteiger partial charge >= 0.3 is 0 Å². The highest BCUT2D eigenvalue weighted by molar-refractivity contribution is 6.38. The van der Waals surface area contributed by atoms with Crippen molar-refractivity contribution in [2.45, 2.75) is 6.61 Å². The number of hydrogen-bond acceptors (Lipinski definition) is 4. The molecule has 0 bridgehead atoms. The standard InChI is InChI=1S/C16H11ClFN3O2/c17-14-11-5-8(10-3-2-9(7-22)21-15(10)18)1-4-13(11)20-6-12(14)16(19)23/h1-6,22H,7H2,(H2,19,23). The predicted octanol–water partition coefficient (Wildman–Crippen LogP) is 2.68. The van der Waals surface area contributed by atoms with Crippen LogP contribution in [0.4, 0.5) is 4.39 Å². The highest BCUT2D eigenvalue weighted by Gasteiger charge is 2.14. The molecule has 3 aromatic rings. The van der Waals surface area contributed by atoms with Crippen molar-refractivity contribution in [3.05, 3.63) is 58.8 Å². The molecule has 1 aromatic carbocycles. The molecule has 0 aliphatic rings. The number of amides is 1. The highest BCUT2D eigenvalue weighted by atomic mass is 35.5. The molecule has 2 heterocycles. The molecule has 0 saturated heterocycles. The van der Waals surface area contributed by atoms with Crippen molar-refractivity contribution in [3.63, 3.8) is 0 Å². The van der Waals surface area contributed by atoms with Gasteiger partial charge in [-0.2, -0.15) is 4.39 Å². The van der Waals surface area contributed by atoms with Gasteiger partial charge in [-0.1, -0.05) is 17.7 Å². The van der Waals surface area contributed by atoms with Gasteiger partial charge in [0, 0.05) is 17.1 Å². The van der Waals surface area contributed by atoms with Crippen molar-refractivity contribution in [1.29, 1.82) is 0 Å². The van der Waals surface area contributed by atoms with E-state index in [1.165, 1.54) is 18.3 Å². The maximum absolute atomic E-state index is 14.1. The highest BCUT2D eigenvalue weighted by Crippen LogP contribution is 2.30. The first-order chi connectivity index (χ1) is 11.0. The van der Waals surface area contributed by atoms with Crippen molar-refractivity contribution in [3.8, 4) is 11.1 Å². The minimum atomic E-state index is -0.703. The van der Waals surface area contributed by atoms with E-state index in [1.54, 1.807) is 18.2 Å². The van der Waals surface area contributed by atoms with Crippen molar-refractivity contribution < 1.29 is 14.3 Å². The smallest absolute Gasteiger partial charge is 0.251 e. The fourth-order valence-corrected chi connectivity index (χ4v) is 2.57. The molecule has 116 valence electrons. The normalized spacial score (nSPS) is 10.9. The SMILES string of the molecule is NC(=O)c1cnc2ccc(-c3ccc(CO)nc3F)cc2c1Cl. The van der Waals surface area contributed by atoms with E-state index in [0.29, 0.717) is 16.5 Å². The van der Waals surface area contributed by atoms with Gasteiger partial charge in [0.15, 0.2) is 0 Å². The average molecular weight is 332 g/mol. The molecule has 0 aliphatic carbocycles. The Balaban J connectivity index is 2.20. The monoisotopic (exact) mass is 331 g/mol. The quantitative estimate of drug-likeness (QED) is 0.722. The Hall–Kier alpha value is -2.57. The van der Waals surface area contributed by atoms with Gasteiger partial charge in [-0.15, -0.1) is 0 Å². The third-order valence-electron chi connectivity index (χ3n) is 3.45. The van der Waals surface area contributed by atoms with E-state index in [1.807, 2.05) is 0 Å². The number of fused-ring (bicyclic) bond motifs is 1. The number of aliphatic hydroxyl groups excluding tert-OH is 1. The number of carbonyl (C=O) groups is 1. The van der Waals surface area contributed by atoms with Gasteiger partial charge < -0.3 is 10.8 Å². The first kappa shape index (κ1) is 15.3. The van der Waals surface area contributed by atoms with Crippen molar-refractivity contribution in [2.75, 3.05) is 0 Å². The molecule has 0 radical (unpaired) electrons. The third-order valence-corrected chi connectivity index (χ3v) is 3.85. The number of pyridine rings is 2. The maximum atomic E-state index is 14.1. The number of nitrogens with two attached hydrogens (primary N) is 1. The summed E-state index contributed by atoms with van der Waals surface area (Å²) in [5, 5.41) is 9.65. The van der Waals surface area contributed by atoms with Crippen molar-refractivity contribution in [1.82, 2.24) is 9.97 Å². The summed E-state index contributed by atoms with van der Waals surface area (Å²) in [6.45, 7) is -0.341. The number of benzene rings is 1. The van der Waals surface area contributed by atoms with Crippen LogP contribution in [0, 0.1) is 5.95 Å². The zero-order valence-electron chi connectivity index (χ0n) is 11.8. The Morgan fingerprint density at radius 1 is 1.30 bits per heavy atom. The van der Waals surface area contributed by atoms with Gasteiger partial charge in [0.2, 0.25) is 5.95 Å². The lowest BCUT2D eigenvalue weighted by molar-refractivity contribution is 0.1000. The molecule has 0 atom stereocenters. The fraction of sp³-hybridized carbons (Fsp3) is 0.0625. The zero-order valence-corrected chi connectivity index (χ0v) is 12.5. The zero-order chi connectivity index (χ0) is 16.6. The largest absolute Gasteiger partial charge is 0.390 e. The van der Waals surface area contributed by atoms with E-state index in [0.717, 1.165) is 0 Å². The molecule has 0 spiro atoms. The lowest BCUT2D eigenvalue weighted by atomic mass is 10.0. The van der Waals surface area contributed by atoms with Gasteiger partial charge in [0.25, 0.3) is 5.91 Å². The maximum Gasteiger partial charge on any atom is 0.251 e. The molecule has 0 saturated carbocycles. The first-order valence-corrected chi connectivity index (χ1v) is 7.03. The molecule has 7 heteroatoms. The molecule has 2 aromatic heterocycles. The van der Waals surface area contributed by atoms with Crippen LogP contribution in [0.15, 0.2) is 36.5 Å². The van der Waals surface area contributed by atoms with Crippen LogP contribution in [0.3, 0.4) is 0 Å². The molecule has 0 unspecified atom stereocenters. The number of halogens is 2. The number of carbonyl (C=O) groups excluding carboxylic acids is 1. The van der Waals surface area contributed by atoms with E-state index < -0.39 is 11.9 Å². The minimum absolute atomic E-state index is 0.102. The molecule has 3 N–H and O–H groups in total. The molecule has 5 nitrogen and oxygen atoms in total. The van der Waals surface area contributed by atoms with Crippen LogP contribution in [0.5, 0.6) is 0 Å². The van der Waals surface area contributed by atoms with E-state index in [-0.39, 0.29) is 28.5 Å². The fourth-order valence-electron chi connectivity index (χ4n) is 2.27. The lowest BCUT2D eigenvalue weighted by Gasteiger charge is -2.08. The van der Waals surface area contributed by atoms with Gasteiger partial charge in [-0.05, 0) is 29.8 Å². The summed E-state index contributed by atoms with van der Waals surface area (Å²) in [6.07, 6.45) is 1.31. The van der Waals surface area contributed by atoms with Crippen LogP contribution < -0.4 is 5.73 Å². The Kier molecular flexibility index (Phi) is 3.94. The molecule has 23 heavy (non-hydrogen) atoms. The number of primary amides is 1. The number of nitrogens with zero attached hydrogens (tertiary/aromatic N) is 2. The molecular weight excluding hydrogens is 321 g/mol. The topological polar surface area (TPSA) is 89.1 Å². The summed E-state index contributed by atoms with van der Waals surface area (Å²) >= 11 is 6.20. The molecular formula is C16H11ClFN3O2. The van der Waals surface area contributed by atoms with E-state index in [9.17, 15) is 9.18 Å². The lowest BCUT2D eigenvalue weighted by Crippen LogP contribution is -2.12. The first-order valence-electron chi connectivity index (χ1n) is 6.66. The van der Waals surface area contributed by atoms with Crippen LogP contribution in [-0.2, 0) is 6.61 Å². The number of hydrogen-bond donors (Lipinski definition) is 2. The van der Waals surface area contributed by atoms with Gasteiger partial charge in [0.05, 0.1) is 28.4 Å². The van der Waals surface area contributed by atoms with Crippen molar-refractivity contribution >= 4 is 28.4 Å². The van der Waals surface area contributed by atoms with Crippen molar-refractivity contribution in [2.24, 2.45) is 5.73 Å². The van der Waals surface area contributed by atoms with Crippen LogP contribution in [-0.4, -0.2) is 21.0 Å². The van der Waals surface area contributed by atoms with Gasteiger partial charge in [0.1, 0.15) is 0 Å². The van der Waals surface area contributed by atoms with Crippen LogP contribution in [0.25, 0.3) is 22.0 Å². The van der Waals surface area contributed by atoms with E-state index >= 15 is 0 Å². The third kappa shape index (κ3) is 2.74. The summed E-state index contributed by atoms with van der Waals surface area (Å²) in [4.78, 5) is 19.1. The molecule has 0 fully saturated rings. The second-order valence-corrected chi connectivity index (χ2v) is 5.26. The van der Waals surface area contributed by atoms with Crippen LogP contribution in [0.2, 0.25) is 5.02 Å². The average Bonchev–Trinajstić information content (AvgIpc) is 2.54. The Morgan fingerprint density at radius 2 is 2.09 bits per heavy atom. The van der Waals surface area contributed by atoms with Gasteiger partial charge in [-0.25, -0.2) is 4.98 Å². The summed E-state index contributed by atoms with van der Waals surface area (Å²) in [5.74, 6) is -1.39. The molecule has 1 amide bonds. The Labute approximate surface area is 135 Å². The summed E-state index contributed by atoms with van der Waals surface area (Å²) in [6, 6.07) is 8.02. The van der Waals surface area contributed by atoms with Gasteiger partial charge in [-0.3, -0.25) is 9.78 Å². The number of aromatic nitrogens is 2. The van der Waals surface area contributed by atoms with E-state index in [4.69, 9.17) is 22.4 Å². The summed E-state index contributed by atoms with van der Waals surface area (Å²) < 4.78 is 14.1. The van der Waals surface area contributed by atoms with E-state index in [2.05, 4.69) is 9.97 Å². The molecule has 3 rings (SSSR count). The summed E-state index contributed by atoms with van der Waals surface area (Å²) in [5.41, 5.74) is 6.93. The number of aliphatic hydroxyl groups is 1. The minimum Gasteiger partial charge on any atom is -0.390 e. The molecule has 0 aliphatic heterocycles. The second kappa shape index (κ2) is 5.91. The second-order valence-electron chi connectivity index (χ2n) is 4.88. The summed E-state index contributed by atoms with van der Waals surface area (Å²) in [7, 11) is 0. The number of rotatable bonds is 3. The Bertz CT molecular complexity index is 931. The predicted molar refractivity (Wildman–Crippen MR) is 84.4 cm³/mol. The van der Waals surface area contributed by atoms with Crippen LogP contribution >= 0.6 is 11.6 Å².